The first-order valence-corrected chi connectivity index (χ1v) is 41.1. The number of hydrogen-bond acceptors (Lipinski definition) is 10. The van der Waals surface area contributed by atoms with Gasteiger partial charge in [0.25, 0.3) is 0 Å². The monoisotopic (exact) mass is 1310 g/mol. The van der Waals surface area contributed by atoms with Crippen molar-refractivity contribution < 1.29 is 50.0 Å². The van der Waals surface area contributed by atoms with E-state index >= 15 is 0 Å². The van der Waals surface area contributed by atoms with Crippen LogP contribution in [-0.4, -0.2) is 110 Å². The Balaban J connectivity index is 2.11. The predicted octanol–water partition coefficient (Wildman–Crippen LogP) is 21.3. The molecule has 0 spiro atoms. The van der Waals surface area contributed by atoms with Crippen LogP contribution in [0.15, 0.2) is 12.2 Å². The Morgan fingerprint density at radius 3 is 0.913 bits per heavy atom. The van der Waals surface area contributed by atoms with Crippen molar-refractivity contribution in [1.82, 2.24) is 5.32 Å². The summed E-state index contributed by atoms with van der Waals surface area (Å²) in [6.45, 7) is 3.54. The van der Waals surface area contributed by atoms with Gasteiger partial charge in [0.15, 0.2) is 6.29 Å². The molecule has 92 heavy (non-hydrogen) atoms. The first kappa shape index (κ1) is 88.9. The zero-order valence-electron chi connectivity index (χ0n) is 61.1. The van der Waals surface area contributed by atoms with Gasteiger partial charge in [0, 0.05) is 0 Å². The van der Waals surface area contributed by atoms with E-state index in [1.807, 2.05) is 0 Å². The summed E-state index contributed by atoms with van der Waals surface area (Å²) in [5.41, 5.74) is 0. The summed E-state index contributed by atoms with van der Waals surface area (Å²) in [6, 6.07) is -1.17. The number of carbonyl (C=O) groups excluding carboxylic acids is 1. The highest BCUT2D eigenvalue weighted by atomic mass is 16.7. The molecule has 0 aromatic rings. The molecule has 548 valence electrons. The Morgan fingerprint density at radius 1 is 0.370 bits per heavy atom. The highest BCUT2D eigenvalue weighted by molar-refractivity contribution is 5.80. The van der Waals surface area contributed by atoms with Crippen LogP contribution < -0.4 is 5.32 Å². The number of aliphatic hydroxyl groups is 7. The van der Waals surface area contributed by atoms with Crippen molar-refractivity contribution in [2.45, 2.75) is 486 Å². The van der Waals surface area contributed by atoms with Crippen molar-refractivity contribution in [2.75, 3.05) is 13.2 Å². The molecule has 9 atom stereocenters. The van der Waals surface area contributed by atoms with E-state index in [0.717, 1.165) is 38.5 Å². The van der Waals surface area contributed by atoms with Crippen LogP contribution in [0.1, 0.15) is 431 Å². The highest BCUT2D eigenvalue weighted by Gasteiger charge is 2.44. The number of aliphatic hydroxyl groups excluding tert-OH is 7. The van der Waals surface area contributed by atoms with Gasteiger partial charge in [0.05, 0.1) is 25.4 Å². The zero-order valence-corrected chi connectivity index (χ0v) is 61.1. The van der Waals surface area contributed by atoms with Crippen LogP contribution in [0.25, 0.3) is 0 Å². The number of carbonyl (C=O) groups is 1. The summed E-state index contributed by atoms with van der Waals surface area (Å²) in [6.07, 6.45) is 77.6. The summed E-state index contributed by atoms with van der Waals surface area (Å²) < 4.78 is 11.2. The number of rotatable bonds is 74. The zero-order chi connectivity index (χ0) is 66.7. The van der Waals surface area contributed by atoms with E-state index in [-0.39, 0.29) is 6.42 Å². The molecule has 9 unspecified atom stereocenters. The fourth-order valence-corrected chi connectivity index (χ4v) is 13.8. The lowest BCUT2D eigenvalue weighted by Gasteiger charge is -2.40. The van der Waals surface area contributed by atoms with Gasteiger partial charge in [-0.3, -0.25) is 4.79 Å². The molecule has 0 bridgehead atoms. The third-order valence-corrected chi connectivity index (χ3v) is 20.3. The summed E-state index contributed by atoms with van der Waals surface area (Å²) in [5.74, 6) is -0.687. The third-order valence-electron chi connectivity index (χ3n) is 20.3. The lowest BCUT2D eigenvalue weighted by molar-refractivity contribution is -0.303. The topological polar surface area (TPSA) is 189 Å². The van der Waals surface area contributed by atoms with E-state index in [4.69, 9.17) is 9.47 Å². The third kappa shape index (κ3) is 55.8. The number of amides is 1. The number of unbranched alkanes of at least 4 members (excludes halogenated alkanes) is 60. The van der Waals surface area contributed by atoms with Crippen molar-refractivity contribution in [3.8, 4) is 0 Å². The first-order valence-electron chi connectivity index (χ1n) is 41.1. The largest absolute Gasteiger partial charge is 0.394 e. The van der Waals surface area contributed by atoms with Gasteiger partial charge in [-0.1, -0.05) is 405 Å². The molecule has 0 saturated carbocycles. The minimum atomic E-state index is -1.66. The Bertz CT molecular complexity index is 1500. The van der Waals surface area contributed by atoms with Gasteiger partial charge in [-0.25, -0.2) is 0 Å². The fraction of sp³-hybridized carbons (Fsp3) is 0.963. The van der Waals surface area contributed by atoms with Crippen molar-refractivity contribution in [3.05, 3.63) is 12.2 Å². The van der Waals surface area contributed by atoms with Gasteiger partial charge >= 0.3 is 0 Å². The molecule has 1 heterocycles. The fourth-order valence-electron chi connectivity index (χ4n) is 13.8. The molecule has 0 radical (unpaired) electrons. The first-order chi connectivity index (χ1) is 45.2. The van der Waals surface area contributed by atoms with Gasteiger partial charge in [0.1, 0.15) is 36.6 Å². The lowest BCUT2D eigenvalue weighted by Crippen LogP contribution is -2.60. The van der Waals surface area contributed by atoms with E-state index in [9.17, 15) is 40.5 Å². The van der Waals surface area contributed by atoms with E-state index in [1.165, 1.54) is 353 Å². The molecule has 1 amide bonds. The maximum Gasteiger partial charge on any atom is 0.249 e. The average Bonchev–Trinajstić information content (AvgIpc) is 0.913. The standard InChI is InChI=1S/C81H159NO10/c1-3-5-7-9-11-13-15-17-19-21-23-25-27-29-31-33-35-36-37-39-41-43-45-47-49-51-53-55-57-59-61-63-65-67-69-74(85)80(90)82-72(71-91-81-79(89)78(88)77(87)75(70-83)92-81)76(86)73(84)68-66-64-62-60-58-56-54-52-50-48-46-44-42-40-38-34-32-30-28-26-24-22-20-18-16-14-12-10-8-6-4-2/h33,35,72-79,81,83-89H,3-32,34,36-71H2,1-2H3,(H,82,90)/b35-33-. The molecule has 11 nitrogen and oxygen atoms in total. The SMILES string of the molecule is CCCCCCCCCCCCCCCC/C=C\CCCCCCCCCCCCCCCCCCC(O)C(=O)NC(COC1OC(CO)C(O)C(O)C1O)C(O)C(O)CCCCCCCCCCCCCCCCCCCCCCCCCCCCCCCCC. The quantitative estimate of drug-likeness (QED) is 0.0215. The van der Waals surface area contributed by atoms with Gasteiger partial charge in [-0.05, 0) is 38.5 Å². The second-order valence-electron chi connectivity index (χ2n) is 29.2. The Hall–Kier alpha value is -1.15. The summed E-state index contributed by atoms with van der Waals surface area (Å²) in [7, 11) is 0. The van der Waals surface area contributed by atoms with Crippen LogP contribution >= 0.6 is 0 Å². The van der Waals surface area contributed by atoms with Crippen molar-refractivity contribution >= 4 is 5.91 Å². The number of hydrogen-bond donors (Lipinski definition) is 8. The van der Waals surface area contributed by atoms with Crippen LogP contribution in [0.4, 0.5) is 0 Å². The van der Waals surface area contributed by atoms with E-state index in [0.29, 0.717) is 19.3 Å². The molecule has 1 fully saturated rings. The van der Waals surface area contributed by atoms with Gasteiger partial charge < -0.3 is 50.5 Å². The normalized spacial score (nSPS) is 18.3. The molecule has 0 aromatic heterocycles. The lowest BCUT2D eigenvalue weighted by atomic mass is 9.98. The van der Waals surface area contributed by atoms with Crippen LogP contribution in [-0.2, 0) is 14.3 Å². The summed E-state index contributed by atoms with van der Waals surface area (Å²) in [5, 5.41) is 76.8. The Kier molecular flexibility index (Phi) is 67.4. The molecule has 0 aromatic carbocycles. The van der Waals surface area contributed by atoms with Gasteiger partial charge in [-0.2, -0.15) is 0 Å². The maximum absolute atomic E-state index is 13.3. The molecule has 0 aliphatic carbocycles. The number of ether oxygens (including phenoxy) is 2. The van der Waals surface area contributed by atoms with E-state index in [2.05, 4.69) is 31.3 Å². The smallest absolute Gasteiger partial charge is 0.249 e. The van der Waals surface area contributed by atoms with Crippen molar-refractivity contribution in [1.29, 1.82) is 0 Å². The van der Waals surface area contributed by atoms with Gasteiger partial charge in [-0.15, -0.1) is 0 Å². The highest BCUT2D eigenvalue weighted by Crippen LogP contribution is 2.25. The Labute approximate surface area is 570 Å². The maximum atomic E-state index is 13.3. The molecular formula is C81H159NO10. The van der Waals surface area contributed by atoms with Crippen LogP contribution in [0.5, 0.6) is 0 Å². The van der Waals surface area contributed by atoms with Gasteiger partial charge in [0.2, 0.25) is 5.91 Å². The molecule has 1 saturated heterocycles. The van der Waals surface area contributed by atoms with Crippen molar-refractivity contribution in [3.63, 3.8) is 0 Å². The average molecular weight is 1310 g/mol. The molecule has 1 rings (SSSR count). The Morgan fingerprint density at radius 2 is 0.630 bits per heavy atom. The number of allylic oxidation sites excluding steroid dienone is 2. The second-order valence-corrected chi connectivity index (χ2v) is 29.2. The van der Waals surface area contributed by atoms with Crippen LogP contribution in [0.2, 0.25) is 0 Å². The van der Waals surface area contributed by atoms with E-state index < -0.39 is 74.2 Å². The second kappa shape index (κ2) is 69.7. The van der Waals surface area contributed by atoms with Crippen molar-refractivity contribution in [2.24, 2.45) is 0 Å². The minimum absolute atomic E-state index is 0.265. The predicted molar refractivity (Wildman–Crippen MR) is 390 cm³/mol. The van der Waals surface area contributed by atoms with E-state index in [1.54, 1.807) is 0 Å². The molecule has 11 heteroatoms. The summed E-state index contributed by atoms with van der Waals surface area (Å²) in [4.78, 5) is 13.3. The molecule has 8 N–H and O–H groups in total. The molecule has 1 aliphatic rings. The number of nitrogens with one attached hydrogen (secondary N) is 1. The molecular weight excluding hydrogens is 1150 g/mol. The van der Waals surface area contributed by atoms with Crippen LogP contribution in [0.3, 0.4) is 0 Å². The molecule has 1 aliphatic heterocycles. The minimum Gasteiger partial charge on any atom is -0.394 e. The summed E-state index contributed by atoms with van der Waals surface area (Å²) >= 11 is 0. The van der Waals surface area contributed by atoms with Crippen LogP contribution in [0, 0.1) is 0 Å².